The van der Waals surface area contributed by atoms with Crippen LogP contribution >= 0.6 is 0 Å². The number of amides is 1. The largest absolute Gasteiger partial charge is 0.337 e. The normalized spacial score (nSPS) is 21.9. The predicted molar refractivity (Wildman–Crippen MR) is 126 cm³/mol. The average Bonchev–Trinajstić information content (AvgIpc) is 3.56. The van der Waals surface area contributed by atoms with Crippen LogP contribution in [0.4, 0.5) is 0 Å². The Hall–Kier alpha value is -1.93. The number of fused-ring (bicyclic) bond motifs is 1. The van der Waals surface area contributed by atoms with Gasteiger partial charge < -0.3 is 9.47 Å². The van der Waals surface area contributed by atoms with Gasteiger partial charge in [-0.1, -0.05) is 13.3 Å². The lowest BCUT2D eigenvalue weighted by Gasteiger charge is -2.37. The van der Waals surface area contributed by atoms with E-state index in [0.717, 1.165) is 42.9 Å². The average molecular weight is 461 g/mol. The van der Waals surface area contributed by atoms with Crippen molar-refractivity contribution in [3.05, 3.63) is 24.0 Å². The molecule has 1 aromatic carbocycles. The Balaban J connectivity index is 1.47. The maximum absolute atomic E-state index is 13.2. The lowest BCUT2D eigenvalue weighted by molar-refractivity contribution is -0.135. The lowest BCUT2D eigenvalue weighted by Crippen LogP contribution is -2.44. The van der Waals surface area contributed by atoms with Crippen LogP contribution in [0.25, 0.3) is 11.0 Å². The second-order valence-corrected chi connectivity index (χ2v) is 11.8. The third kappa shape index (κ3) is 4.57. The fraction of sp³-hybridized carbons (Fsp3) is 0.667. The zero-order valence-corrected chi connectivity index (χ0v) is 20.6. The van der Waals surface area contributed by atoms with Crippen LogP contribution in [0.1, 0.15) is 64.1 Å². The van der Waals surface area contributed by atoms with Crippen LogP contribution in [0.5, 0.6) is 0 Å². The Kier molecular flexibility index (Phi) is 6.63. The highest BCUT2D eigenvalue weighted by atomic mass is 32.2. The minimum atomic E-state index is -3.51. The van der Waals surface area contributed by atoms with E-state index < -0.39 is 10.0 Å². The molecule has 0 unspecified atom stereocenters. The van der Waals surface area contributed by atoms with E-state index >= 15 is 0 Å². The Morgan fingerprint density at radius 1 is 1.09 bits per heavy atom. The smallest absolute Gasteiger partial charge is 0.242 e. The SMILES string of the molecule is CCC1CCC(N(C(=O)CCc2nc3cc(S(=O)(=O)N(C)C)ccc3n2C)C2CC2)CC1. The molecule has 0 radical (unpaired) electrons. The number of aryl methyl sites for hydroxylation is 2. The van der Waals surface area contributed by atoms with Crippen LogP contribution < -0.4 is 0 Å². The van der Waals surface area contributed by atoms with Crippen LogP contribution in [0.3, 0.4) is 0 Å². The maximum Gasteiger partial charge on any atom is 0.242 e. The first-order valence-electron chi connectivity index (χ1n) is 11.9. The van der Waals surface area contributed by atoms with Gasteiger partial charge in [-0.05, 0) is 62.6 Å². The molecule has 176 valence electrons. The van der Waals surface area contributed by atoms with Crippen molar-refractivity contribution in [3.8, 4) is 0 Å². The van der Waals surface area contributed by atoms with E-state index in [1.165, 1.54) is 37.7 Å². The molecule has 4 rings (SSSR count). The molecule has 2 aromatic rings. The van der Waals surface area contributed by atoms with Gasteiger partial charge in [-0.15, -0.1) is 0 Å². The number of imidazole rings is 1. The van der Waals surface area contributed by atoms with Crippen LogP contribution in [0.2, 0.25) is 0 Å². The highest BCUT2D eigenvalue weighted by Crippen LogP contribution is 2.36. The molecule has 1 amide bonds. The van der Waals surface area contributed by atoms with Gasteiger partial charge in [-0.2, -0.15) is 0 Å². The van der Waals surface area contributed by atoms with Gasteiger partial charge in [0, 0.05) is 46.1 Å². The number of carbonyl (C=O) groups is 1. The van der Waals surface area contributed by atoms with E-state index in [0.29, 0.717) is 30.4 Å². The van der Waals surface area contributed by atoms with Gasteiger partial charge in [0.15, 0.2) is 0 Å². The number of aromatic nitrogens is 2. The van der Waals surface area contributed by atoms with E-state index in [2.05, 4.69) is 16.8 Å². The van der Waals surface area contributed by atoms with Crippen LogP contribution in [0.15, 0.2) is 23.1 Å². The monoisotopic (exact) mass is 460 g/mol. The van der Waals surface area contributed by atoms with Crippen molar-refractivity contribution in [2.75, 3.05) is 14.1 Å². The van der Waals surface area contributed by atoms with E-state index in [9.17, 15) is 13.2 Å². The maximum atomic E-state index is 13.2. The van der Waals surface area contributed by atoms with E-state index in [4.69, 9.17) is 0 Å². The van der Waals surface area contributed by atoms with Gasteiger partial charge >= 0.3 is 0 Å². The molecular formula is C24H36N4O3S. The molecule has 8 heteroatoms. The van der Waals surface area contributed by atoms with E-state index in [1.807, 2.05) is 11.6 Å². The summed E-state index contributed by atoms with van der Waals surface area (Å²) in [5.41, 5.74) is 1.52. The number of hydrogen-bond acceptors (Lipinski definition) is 4. The summed E-state index contributed by atoms with van der Waals surface area (Å²) < 4.78 is 28.1. The number of sulfonamides is 1. The third-order valence-corrected chi connectivity index (χ3v) is 9.11. The number of benzene rings is 1. The molecule has 1 aromatic heterocycles. The molecule has 0 spiro atoms. The molecule has 0 saturated heterocycles. The van der Waals surface area contributed by atoms with Crippen LogP contribution in [-0.2, 0) is 28.3 Å². The van der Waals surface area contributed by atoms with Crippen molar-refractivity contribution >= 4 is 27.0 Å². The summed E-state index contributed by atoms with van der Waals surface area (Å²) >= 11 is 0. The van der Waals surface area contributed by atoms with Crippen LogP contribution in [0, 0.1) is 5.92 Å². The summed E-state index contributed by atoms with van der Waals surface area (Å²) in [6, 6.07) is 5.88. The third-order valence-electron chi connectivity index (χ3n) is 7.30. The molecule has 2 aliphatic carbocycles. The summed E-state index contributed by atoms with van der Waals surface area (Å²) in [6.07, 6.45) is 9.27. The number of hydrogen-bond donors (Lipinski definition) is 0. The summed E-state index contributed by atoms with van der Waals surface area (Å²) in [7, 11) is 1.47. The summed E-state index contributed by atoms with van der Waals surface area (Å²) in [6.45, 7) is 2.27. The first kappa shape index (κ1) is 23.2. The number of carbonyl (C=O) groups excluding carboxylic acids is 1. The van der Waals surface area contributed by atoms with Gasteiger partial charge in [0.2, 0.25) is 15.9 Å². The second kappa shape index (κ2) is 9.14. The predicted octanol–water partition coefficient (Wildman–Crippen LogP) is 3.72. The summed E-state index contributed by atoms with van der Waals surface area (Å²) in [5, 5.41) is 0. The van der Waals surface area contributed by atoms with Crippen LogP contribution in [-0.4, -0.2) is 59.3 Å². The van der Waals surface area contributed by atoms with Crippen molar-refractivity contribution in [1.82, 2.24) is 18.8 Å². The van der Waals surface area contributed by atoms with Gasteiger partial charge in [-0.25, -0.2) is 17.7 Å². The molecule has 0 bridgehead atoms. The zero-order chi connectivity index (χ0) is 23.0. The summed E-state index contributed by atoms with van der Waals surface area (Å²) in [5.74, 6) is 1.89. The molecule has 2 aliphatic rings. The van der Waals surface area contributed by atoms with Crippen molar-refractivity contribution in [2.45, 2.75) is 81.7 Å². The fourth-order valence-corrected chi connectivity index (χ4v) is 5.98. The standard InChI is InChI=1S/C24H36N4O3S/c1-5-17-6-8-18(9-7-17)28(19-10-11-19)24(29)15-14-23-25-21-16-20(32(30,31)26(2)3)12-13-22(21)27(23)4/h12-13,16-19H,5-11,14-15H2,1-4H3. The first-order valence-corrected chi connectivity index (χ1v) is 13.4. The van der Waals surface area contributed by atoms with Crippen molar-refractivity contribution in [3.63, 3.8) is 0 Å². The second-order valence-electron chi connectivity index (χ2n) is 9.64. The zero-order valence-electron chi connectivity index (χ0n) is 19.7. The van der Waals surface area contributed by atoms with Crippen molar-refractivity contribution in [2.24, 2.45) is 13.0 Å². The Bertz CT molecular complexity index is 1080. The van der Waals surface area contributed by atoms with E-state index in [1.54, 1.807) is 18.2 Å². The Labute approximate surface area is 191 Å². The molecule has 1 heterocycles. The molecular weight excluding hydrogens is 424 g/mol. The molecule has 32 heavy (non-hydrogen) atoms. The number of rotatable bonds is 8. The molecule has 0 N–H and O–H groups in total. The first-order chi connectivity index (χ1) is 15.2. The van der Waals surface area contributed by atoms with Gasteiger partial charge in [0.05, 0.1) is 15.9 Å². The molecule has 7 nitrogen and oxygen atoms in total. The van der Waals surface area contributed by atoms with E-state index in [-0.39, 0.29) is 10.8 Å². The van der Waals surface area contributed by atoms with Gasteiger partial charge in [0.25, 0.3) is 0 Å². The number of nitrogens with zero attached hydrogens (tertiary/aromatic N) is 4. The molecule has 0 aliphatic heterocycles. The Morgan fingerprint density at radius 3 is 2.28 bits per heavy atom. The fourth-order valence-electron chi connectivity index (χ4n) is 5.06. The van der Waals surface area contributed by atoms with Gasteiger partial charge in [-0.3, -0.25) is 4.79 Å². The topological polar surface area (TPSA) is 75.5 Å². The highest BCUT2D eigenvalue weighted by molar-refractivity contribution is 7.89. The minimum absolute atomic E-state index is 0.235. The quantitative estimate of drug-likeness (QED) is 0.602. The van der Waals surface area contributed by atoms with Crippen molar-refractivity contribution < 1.29 is 13.2 Å². The summed E-state index contributed by atoms with van der Waals surface area (Å²) in [4.78, 5) is 20.4. The van der Waals surface area contributed by atoms with Crippen molar-refractivity contribution in [1.29, 1.82) is 0 Å². The molecule has 0 atom stereocenters. The highest BCUT2D eigenvalue weighted by Gasteiger charge is 2.38. The minimum Gasteiger partial charge on any atom is -0.337 e. The Morgan fingerprint density at radius 2 is 1.72 bits per heavy atom. The molecule has 2 fully saturated rings. The molecule has 2 saturated carbocycles. The lowest BCUT2D eigenvalue weighted by atomic mass is 9.83. The van der Waals surface area contributed by atoms with Gasteiger partial charge in [0.1, 0.15) is 5.82 Å².